The van der Waals surface area contributed by atoms with Gasteiger partial charge in [-0.3, -0.25) is 0 Å². The summed E-state index contributed by atoms with van der Waals surface area (Å²) in [6.45, 7) is 2.31. The molecular weight excluding hydrogens is 326 g/mol. The van der Waals surface area contributed by atoms with Crippen LogP contribution in [0.2, 0.25) is 0 Å². The fraction of sp³-hybridized carbons (Fsp3) is 0.423. The molecule has 0 aromatic heterocycles. The third kappa shape index (κ3) is 5.83. The van der Waals surface area contributed by atoms with Gasteiger partial charge in [-0.1, -0.05) is 68.3 Å². The molecule has 1 aliphatic carbocycles. The van der Waals surface area contributed by atoms with Crippen molar-refractivity contribution in [3.63, 3.8) is 0 Å². The van der Waals surface area contributed by atoms with Gasteiger partial charge in [0, 0.05) is 0 Å². The Morgan fingerprint density at radius 1 is 0.926 bits per heavy atom. The van der Waals surface area contributed by atoms with E-state index in [1.165, 1.54) is 55.2 Å². The normalized spacial score (nSPS) is 19.9. The van der Waals surface area contributed by atoms with Gasteiger partial charge in [0.05, 0.1) is 11.6 Å². The van der Waals surface area contributed by atoms with Gasteiger partial charge in [-0.05, 0) is 79.2 Å². The van der Waals surface area contributed by atoms with E-state index >= 15 is 0 Å². The first-order valence-electron chi connectivity index (χ1n) is 10.5. The van der Waals surface area contributed by atoms with Crippen molar-refractivity contribution < 1.29 is 0 Å². The number of hydrogen-bond acceptors (Lipinski definition) is 1. The van der Waals surface area contributed by atoms with Crippen LogP contribution in [0, 0.1) is 23.2 Å². The van der Waals surface area contributed by atoms with Crippen LogP contribution < -0.4 is 0 Å². The first-order valence-corrected chi connectivity index (χ1v) is 10.5. The van der Waals surface area contributed by atoms with E-state index in [1.807, 2.05) is 24.3 Å². The van der Waals surface area contributed by atoms with Crippen molar-refractivity contribution in [2.24, 2.45) is 11.8 Å². The average Bonchev–Trinajstić information content (AvgIpc) is 2.73. The summed E-state index contributed by atoms with van der Waals surface area (Å²) in [6.07, 6.45) is 15.5. The lowest BCUT2D eigenvalue weighted by Gasteiger charge is -2.26. The van der Waals surface area contributed by atoms with E-state index in [4.69, 9.17) is 5.26 Å². The molecular formula is C26H31N. The van der Waals surface area contributed by atoms with Crippen LogP contribution in [0.1, 0.15) is 63.0 Å². The van der Waals surface area contributed by atoms with Crippen LogP contribution in [0.4, 0.5) is 0 Å². The molecule has 3 rings (SSSR count). The van der Waals surface area contributed by atoms with Gasteiger partial charge in [0.2, 0.25) is 0 Å². The number of rotatable bonds is 7. The lowest BCUT2D eigenvalue weighted by molar-refractivity contribution is 0.294. The molecule has 1 saturated carbocycles. The predicted molar refractivity (Wildman–Crippen MR) is 114 cm³/mol. The first kappa shape index (κ1) is 19.4. The molecule has 2 aromatic carbocycles. The molecule has 1 nitrogen and oxygen atoms in total. The number of nitriles is 1. The maximum Gasteiger partial charge on any atom is 0.0991 e. The quantitative estimate of drug-likeness (QED) is 0.476. The zero-order valence-electron chi connectivity index (χ0n) is 16.5. The molecule has 2 aromatic rings. The fourth-order valence-corrected chi connectivity index (χ4v) is 4.22. The van der Waals surface area contributed by atoms with Crippen LogP contribution in [-0.2, 0) is 6.42 Å². The van der Waals surface area contributed by atoms with Crippen LogP contribution in [0.5, 0.6) is 0 Å². The summed E-state index contributed by atoms with van der Waals surface area (Å²) in [5.74, 6) is 1.81. The molecule has 1 aliphatic rings. The van der Waals surface area contributed by atoms with Crippen LogP contribution in [0.25, 0.3) is 11.1 Å². The van der Waals surface area contributed by atoms with Crippen molar-refractivity contribution in [1.82, 2.24) is 0 Å². The molecule has 0 heterocycles. The molecule has 27 heavy (non-hydrogen) atoms. The first-order chi connectivity index (χ1) is 13.3. The van der Waals surface area contributed by atoms with E-state index in [1.54, 1.807) is 0 Å². The van der Waals surface area contributed by atoms with E-state index in [0.29, 0.717) is 5.56 Å². The second kappa shape index (κ2) is 10.1. The highest BCUT2D eigenvalue weighted by Gasteiger charge is 2.18. The van der Waals surface area contributed by atoms with E-state index in [-0.39, 0.29) is 0 Å². The molecule has 0 unspecified atom stereocenters. The summed E-state index contributed by atoms with van der Waals surface area (Å²) < 4.78 is 0. The number of allylic oxidation sites excluding steroid dienone is 2. The minimum atomic E-state index is 0.709. The molecule has 0 radical (unpaired) electrons. The summed E-state index contributed by atoms with van der Waals surface area (Å²) in [7, 11) is 0. The standard InChI is InChI=1S/C26H31N/c1-2-5-21-8-10-22(11-9-21)6-3-4-7-23-12-16-25(17-13-23)26-18-14-24(20-27)15-19-26/h3,6,12-19,21-22H,2,4-5,7-11H2,1H3/b6-3+/t21-,22-. The Bertz CT molecular complexity index is 753. The second-order valence-corrected chi connectivity index (χ2v) is 7.92. The van der Waals surface area contributed by atoms with Gasteiger partial charge < -0.3 is 0 Å². The highest BCUT2D eigenvalue weighted by atomic mass is 14.2. The van der Waals surface area contributed by atoms with Gasteiger partial charge in [0.25, 0.3) is 0 Å². The van der Waals surface area contributed by atoms with Gasteiger partial charge >= 0.3 is 0 Å². The van der Waals surface area contributed by atoms with Crippen molar-refractivity contribution in [1.29, 1.82) is 5.26 Å². The maximum absolute atomic E-state index is 8.90. The van der Waals surface area contributed by atoms with Gasteiger partial charge in [0.1, 0.15) is 0 Å². The summed E-state index contributed by atoms with van der Waals surface area (Å²) in [5.41, 5.74) is 4.48. The smallest absolute Gasteiger partial charge is 0.0991 e. The molecule has 1 heteroatoms. The molecule has 140 valence electrons. The molecule has 0 bridgehead atoms. The Balaban J connectivity index is 1.44. The average molecular weight is 358 g/mol. The number of aryl methyl sites for hydroxylation is 1. The van der Waals surface area contributed by atoms with Crippen molar-refractivity contribution in [3.05, 3.63) is 71.8 Å². The Hall–Kier alpha value is -2.33. The van der Waals surface area contributed by atoms with E-state index in [2.05, 4.69) is 49.4 Å². The number of hydrogen-bond donors (Lipinski definition) is 0. The SMILES string of the molecule is CCC[C@H]1CC[C@H](/C=C/CCc2ccc(-c3ccc(C#N)cc3)cc2)CC1. The minimum absolute atomic E-state index is 0.709. The van der Waals surface area contributed by atoms with Crippen LogP contribution in [0.3, 0.4) is 0 Å². The predicted octanol–water partition coefficient (Wildman–Crippen LogP) is 7.32. The monoisotopic (exact) mass is 357 g/mol. The van der Waals surface area contributed by atoms with Gasteiger partial charge in [-0.25, -0.2) is 0 Å². The Labute approximate surface area is 164 Å². The van der Waals surface area contributed by atoms with Gasteiger partial charge in [-0.15, -0.1) is 0 Å². The summed E-state index contributed by atoms with van der Waals surface area (Å²) >= 11 is 0. The molecule has 0 saturated heterocycles. The highest BCUT2D eigenvalue weighted by molar-refractivity contribution is 5.64. The molecule has 0 aliphatic heterocycles. The van der Waals surface area contributed by atoms with Crippen molar-refractivity contribution in [2.75, 3.05) is 0 Å². The molecule has 0 N–H and O–H groups in total. The molecule has 0 amide bonds. The number of benzene rings is 2. The second-order valence-electron chi connectivity index (χ2n) is 7.92. The zero-order chi connectivity index (χ0) is 18.9. The Kier molecular flexibility index (Phi) is 7.28. The maximum atomic E-state index is 8.90. The summed E-state index contributed by atoms with van der Waals surface area (Å²) in [6, 6.07) is 18.8. The van der Waals surface area contributed by atoms with Gasteiger partial charge in [-0.2, -0.15) is 5.26 Å². The lowest BCUT2D eigenvalue weighted by atomic mass is 9.80. The Morgan fingerprint density at radius 3 is 2.15 bits per heavy atom. The van der Waals surface area contributed by atoms with E-state index < -0.39 is 0 Å². The van der Waals surface area contributed by atoms with Crippen molar-refractivity contribution >= 4 is 0 Å². The molecule has 0 spiro atoms. The molecule has 0 atom stereocenters. The molecule has 1 fully saturated rings. The third-order valence-electron chi connectivity index (χ3n) is 5.90. The highest BCUT2D eigenvalue weighted by Crippen LogP contribution is 2.32. The fourth-order valence-electron chi connectivity index (χ4n) is 4.22. The summed E-state index contributed by atoms with van der Waals surface area (Å²) in [5, 5.41) is 8.90. The Morgan fingerprint density at radius 2 is 1.56 bits per heavy atom. The van der Waals surface area contributed by atoms with Crippen molar-refractivity contribution in [3.8, 4) is 17.2 Å². The van der Waals surface area contributed by atoms with Crippen LogP contribution in [-0.4, -0.2) is 0 Å². The largest absolute Gasteiger partial charge is 0.192 e. The van der Waals surface area contributed by atoms with Gasteiger partial charge in [0.15, 0.2) is 0 Å². The van der Waals surface area contributed by atoms with Crippen LogP contribution >= 0.6 is 0 Å². The van der Waals surface area contributed by atoms with Crippen molar-refractivity contribution in [2.45, 2.75) is 58.3 Å². The van der Waals surface area contributed by atoms with Crippen LogP contribution in [0.15, 0.2) is 60.7 Å². The van der Waals surface area contributed by atoms with E-state index in [0.717, 1.165) is 24.7 Å². The third-order valence-corrected chi connectivity index (χ3v) is 5.90. The lowest BCUT2D eigenvalue weighted by Crippen LogP contribution is -2.12. The van der Waals surface area contributed by atoms with E-state index in [9.17, 15) is 0 Å². The summed E-state index contributed by atoms with van der Waals surface area (Å²) in [4.78, 5) is 0. The topological polar surface area (TPSA) is 23.8 Å². The zero-order valence-corrected chi connectivity index (χ0v) is 16.5. The number of nitrogens with zero attached hydrogens (tertiary/aromatic N) is 1. The minimum Gasteiger partial charge on any atom is -0.192 e.